The van der Waals surface area contributed by atoms with Crippen LogP contribution in [-0.4, -0.2) is 0 Å². The van der Waals surface area contributed by atoms with Crippen molar-refractivity contribution < 1.29 is 0 Å². The van der Waals surface area contributed by atoms with Crippen molar-refractivity contribution in [1.29, 1.82) is 0 Å². The molecule has 0 heteroatoms. The molecule has 0 saturated heterocycles. The van der Waals surface area contributed by atoms with E-state index in [9.17, 15) is 0 Å². The maximum absolute atomic E-state index is 2.64. The first-order valence-corrected chi connectivity index (χ1v) is 9.38. The molecule has 1 aromatic rings. The van der Waals surface area contributed by atoms with Crippen LogP contribution in [0.5, 0.6) is 0 Å². The summed E-state index contributed by atoms with van der Waals surface area (Å²) in [7, 11) is 0. The number of benzene rings is 1. The van der Waals surface area contributed by atoms with Crippen LogP contribution in [0.15, 0.2) is 18.2 Å². The van der Waals surface area contributed by atoms with Crippen molar-refractivity contribution >= 4 is 0 Å². The van der Waals surface area contributed by atoms with E-state index in [0.29, 0.717) is 0 Å². The summed E-state index contributed by atoms with van der Waals surface area (Å²) in [5, 5.41) is 0. The predicted molar refractivity (Wildman–Crippen MR) is 87.6 cm³/mol. The Balaban J connectivity index is 1.47. The van der Waals surface area contributed by atoms with Crippen LogP contribution in [-0.2, 0) is 0 Å². The van der Waals surface area contributed by atoms with Gasteiger partial charge in [0.25, 0.3) is 0 Å². The van der Waals surface area contributed by atoms with Crippen LogP contribution in [0.4, 0.5) is 0 Å². The lowest BCUT2D eigenvalue weighted by Crippen LogP contribution is -2.12. The van der Waals surface area contributed by atoms with Gasteiger partial charge in [0.05, 0.1) is 0 Å². The Labute approximate surface area is 129 Å². The summed E-state index contributed by atoms with van der Waals surface area (Å²) in [4.78, 5) is 0. The Bertz CT molecular complexity index is 511. The highest BCUT2D eigenvalue weighted by atomic mass is 14.5. The molecule has 4 bridgehead atoms. The van der Waals surface area contributed by atoms with E-state index >= 15 is 0 Å². The van der Waals surface area contributed by atoms with Crippen LogP contribution < -0.4 is 0 Å². The van der Waals surface area contributed by atoms with Gasteiger partial charge in [0.2, 0.25) is 0 Å². The standard InChI is InChI=1S/C21H28/c1-13-6-18(20-10-14-2-4-16(20)8-14)12-19(7-13)21-11-15-3-5-17(21)9-15/h6-7,12,14-17,20-21H,2-5,8-11H2,1H3. The summed E-state index contributed by atoms with van der Waals surface area (Å²) >= 11 is 0. The highest BCUT2D eigenvalue weighted by Crippen LogP contribution is 2.55. The number of aryl methyl sites for hydroxylation is 1. The topological polar surface area (TPSA) is 0 Å². The van der Waals surface area contributed by atoms with Crippen LogP contribution in [0.25, 0.3) is 0 Å². The van der Waals surface area contributed by atoms with Crippen molar-refractivity contribution in [1.82, 2.24) is 0 Å². The largest absolute Gasteiger partial charge is 0.0558 e. The molecular formula is C21H28. The first kappa shape index (κ1) is 12.7. The van der Waals surface area contributed by atoms with Gasteiger partial charge in [0, 0.05) is 0 Å². The van der Waals surface area contributed by atoms with E-state index in [1.807, 2.05) is 0 Å². The van der Waals surface area contributed by atoms with E-state index in [2.05, 4.69) is 25.1 Å². The lowest BCUT2D eigenvalue weighted by Gasteiger charge is -2.26. The smallest absolute Gasteiger partial charge is 0.0131 e. The van der Waals surface area contributed by atoms with E-state index < -0.39 is 0 Å². The molecule has 4 saturated carbocycles. The van der Waals surface area contributed by atoms with Gasteiger partial charge in [-0.15, -0.1) is 0 Å². The molecule has 0 radical (unpaired) electrons. The fourth-order valence-corrected chi connectivity index (χ4v) is 6.58. The molecule has 21 heavy (non-hydrogen) atoms. The molecule has 0 N–H and O–H groups in total. The highest BCUT2D eigenvalue weighted by Gasteiger charge is 2.42. The van der Waals surface area contributed by atoms with Crippen molar-refractivity contribution in [2.75, 3.05) is 0 Å². The van der Waals surface area contributed by atoms with Crippen LogP contribution >= 0.6 is 0 Å². The minimum Gasteiger partial charge on any atom is -0.0558 e. The van der Waals surface area contributed by atoms with Crippen LogP contribution in [0.2, 0.25) is 0 Å². The summed E-state index contributed by atoms with van der Waals surface area (Å²) < 4.78 is 0. The van der Waals surface area contributed by atoms with Crippen LogP contribution in [0.3, 0.4) is 0 Å². The zero-order chi connectivity index (χ0) is 14.0. The zero-order valence-electron chi connectivity index (χ0n) is 13.4. The van der Waals surface area contributed by atoms with Crippen molar-refractivity contribution in [3.8, 4) is 0 Å². The average Bonchev–Trinajstić information content (AvgIpc) is 3.26. The lowest BCUT2D eigenvalue weighted by molar-refractivity contribution is 0.411. The normalized spacial score (nSPS) is 43.9. The maximum atomic E-state index is 2.64. The molecule has 4 aliphatic rings. The monoisotopic (exact) mass is 280 g/mol. The highest BCUT2D eigenvalue weighted by molar-refractivity contribution is 5.36. The van der Waals surface area contributed by atoms with Crippen molar-refractivity contribution in [3.05, 3.63) is 34.9 Å². The molecule has 0 aromatic heterocycles. The SMILES string of the molecule is Cc1cc(C2CC3CCC2C3)cc(C2CC3CCC2C3)c1. The van der Waals surface area contributed by atoms with Crippen molar-refractivity contribution in [3.63, 3.8) is 0 Å². The van der Waals surface area contributed by atoms with E-state index in [1.165, 1.54) is 56.9 Å². The number of rotatable bonds is 2. The summed E-state index contributed by atoms with van der Waals surface area (Å²) in [5.41, 5.74) is 4.94. The summed E-state index contributed by atoms with van der Waals surface area (Å²) in [6.07, 6.45) is 12.1. The third-order valence-electron chi connectivity index (χ3n) is 7.45. The molecule has 0 aliphatic heterocycles. The second-order valence-corrected chi connectivity index (χ2v) is 8.74. The van der Waals surface area contributed by atoms with Crippen molar-refractivity contribution in [2.45, 2.75) is 70.1 Å². The second-order valence-electron chi connectivity index (χ2n) is 8.74. The minimum atomic E-state index is 0.904. The van der Waals surface area contributed by atoms with Gasteiger partial charge in [-0.1, -0.05) is 36.6 Å². The molecule has 6 atom stereocenters. The van der Waals surface area contributed by atoms with Gasteiger partial charge in [-0.2, -0.15) is 0 Å². The molecule has 0 heterocycles. The van der Waals surface area contributed by atoms with Crippen LogP contribution in [0, 0.1) is 30.6 Å². The zero-order valence-corrected chi connectivity index (χ0v) is 13.4. The average molecular weight is 280 g/mol. The molecule has 6 unspecified atom stereocenters. The molecular weight excluding hydrogens is 252 g/mol. The quantitative estimate of drug-likeness (QED) is 0.642. The van der Waals surface area contributed by atoms with E-state index in [0.717, 1.165) is 35.5 Å². The third-order valence-corrected chi connectivity index (χ3v) is 7.45. The Hall–Kier alpha value is -0.780. The Morgan fingerprint density at radius 2 is 1.19 bits per heavy atom. The van der Waals surface area contributed by atoms with Crippen LogP contribution in [0.1, 0.15) is 79.9 Å². The molecule has 4 aliphatic carbocycles. The summed E-state index contributed by atoms with van der Waals surface area (Å²) in [6.45, 7) is 2.33. The molecule has 0 amide bonds. The number of hydrogen-bond acceptors (Lipinski definition) is 0. The Morgan fingerprint density at radius 1 is 0.667 bits per heavy atom. The molecule has 0 spiro atoms. The van der Waals surface area contributed by atoms with Gasteiger partial charge in [-0.05, 0) is 92.1 Å². The van der Waals surface area contributed by atoms with Gasteiger partial charge in [0.15, 0.2) is 0 Å². The Morgan fingerprint density at radius 3 is 1.57 bits per heavy atom. The fraction of sp³-hybridized carbons (Fsp3) is 0.714. The van der Waals surface area contributed by atoms with Crippen molar-refractivity contribution in [2.24, 2.45) is 23.7 Å². The van der Waals surface area contributed by atoms with Gasteiger partial charge in [0.1, 0.15) is 0 Å². The minimum absolute atomic E-state index is 0.904. The van der Waals surface area contributed by atoms with Gasteiger partial charge < -0.3 is 0 Å². The van der Waals surface area contributed by atoms with Gasteiger partial charge in [-0.25, -0.2) is 0 Å². The first-order valence-electron chi connectivity index (χ1n) is 9.38. The second kappa shape index (κ2) is 4.61. The molecule has 5 rings (SSSR count). The van der Waals surface area contributed by atoms with E-state index in [4.69, 9.17) is 0 Å². The third kappa shape index (κ3) is 2.01. The predicted octanol–water partition coefficient (Wildman–Crippen LogP) is 5.80. The maximum Gasteiger partial charge on any atom is -0.0131 e. The first-order chi connectivity index (χ1) is 10.3. The Kier molecular flexibility index (Phi) is 2.79. The summed E-state index contributed by atoms with van der Waals surface area (Å²) in [5.74, 6) is 5.97. The number of hydrogen-bond donors (Lipinski definition) is 0. The molecule has 4 fully saturated rings. The molecule has 1 aromatic carbocycles. The van der Waals surface area contributed by atoms with Gasteiger partial charge >= 0.3 is 0 Å². The fourth-order valence-electron chi connectivity index (χ4n) is 6.58. The number of fused-ring (bicyclic) bond motifs is 4. The van der Waals surface area contributed by atoms with Gasteiger partial charge in [-0.3, -0.25) is 0 Å². The van der Waals surface area contributed by atoms with E-state index in [-0.39, 0.29) is 0 Å². The van der Waals surface area contributed by atoms with E-state index in [1.54, 1.807) is 11.1 Å². The molecule has 112 valence electrons. The lowest BCUT2D eigenvalue weighted by atomic mass is 9.78. The summed E-state index contributed by atoms with van der Waals surface area (Å²) in [6, 6.07) is 7.67. The molecule has 0 nitrogen and oxygen atoms in total.